The Balaban J connectivity index is 1.51. The Morgan fingerprint density at radius 2 is 2.06 bits per heavy atom. The van der Waals surface area contributed by atoms with Crippen LogP contribution in [0.1, 0.15) is 46.0 Å². The van der Waals surface area contributed by atoms with E-state index in [2.05, 4.69) is 10.6 Å². The first kappa shape index (κ1) is 12.9. The van der Waals surface area contributed by atoms with Crippen molar-refractivity contribution >= 4 is 5.91 Å². The highest BCUT2D eigenvalue weighted by Crippen LogP contribution is 2.44. The zero-order valence-electron chi connectivity index (χ0n) is 11.2. The summed E-state index contributed by atoms with van der Waals surface area (Å²) < 4.78 is 0. The Morgan fingerprint density at radius 1 is 1.24 bits per heavy atom. The Hall–Kier alpha value is -0.570. The maximum absolute atomic E-state index is 11.3. The number of carbonyl (C=O) groups is 1. The maximum atomic E-state index is 11.3. The zero-order valence-corrected chi connectivity index (χ0v) is 11.2. The first-order chi connectivity index (χ1) is 8.16. The fourth-order valence-corrected chi connectivity index (χ4v) is 3.29. The van der Waals surface area contributed by atoms with Crippen LogP contribution in [0.15, 0.2) is 0 Å². The van der Waals surface area contributed by atoms with E-state index in [4.69, 9.17) is 0 Å². The van der Waals surface area contributed by atoms with Gasteiger partial charge in [0.2, 0.25) is 5.91 Å². The van der Waals surface area contributed by atoms with Gasteiger partial charge < -0.3 is 10.6 Å². The van der Waals surface area contributed by atoms with Gasteiger partial charge in [-0.3, -0.25) is 4.79 Å². The third-order valence-electron chi connectivity index (χ3n) is 4.32. The molecule has 2 rings (SSSR count). The molecule has 3 unspecified atom stereocenters. The Bertz CT molecular complexity index is 265. The zero-order chi connectivity index (χ0) is 12.3. The molecule has 3 heteroatoms. The van der Waals surface area contributed by atoms with Crippen molar-refractivity contribution in [1.29, 1.82) is 0 Å². The van der Waals surface area contributed by atoms with Gasteiger partial charge in [-0.25, -0.2) is 0 Å². The van der Waals surface area contributed by atoms with Crippen molar-refractivity contribution in [3.05, 3.63) is 0 Å². The van der Waals surface area contributed by atoms with Gasteiger partial charge in [0, 0.05) is 18.5 Å². The number of amides is 1. The fourth-order valence-electron chi connectivity index (χ4n) is 3.29. The molecule has 0 spiro atoms. The number of carbonyl (C=O) groups excluding carboxylic acids is 1. The van der Waals surface area contributed by atoms with E-state index in [-0.39, 0.29) is 11.8 Å². The molecule has 2 fully saturated rings. The van der Waals surface area contributed by atoms with Gasteiger partial charge >= 0.3 is 0 Å². The molecule has 0 aromatic rings. The monoisotopic (exact) mass is 238 g/mol. The number of hydrogen-bond donors (Lipinski definition) is 2. The summed E-state index contributed by atoms with van der Waals surface area (Å²) >= 11 is 0. The van der Waals surface area contributed by atoms with E-state index in [9.17, 15) is 4.79 Å². The van der Waals surface area contributed by atoms with Gasteiger partial charge in [-0.05, 0) is 44.1 Å². The molecule has 2 aliphatic carbocycles. The van der Waals surface area contributed by atoms with E-state index in [1.165, 1.54) is 25.7 Å². The van der Waals surface area contributed by atoms with E-state index in [0.29, 0.717) is 0 Å². The minimum Gasteiger partial charge on any atom is -0.356 e. The number of nitrogens with one attached hydrogen (secondary N) is 2. The molecule has 0 heterocycles. The van der Waals surface area contributed by atoms with Crippen molar-refractivity contribution in [3.63, 3.8) is 0 Å². The van der Waals surface area contributed by atoms with Crippen molar-refractivity contribution in [1.82, 2.24) is 10.6 Å². The molecule has 0 radical (unpaired) electrons. The number of rotatable bonds is 6. The SMILES string of the molecule is CC(C)C(=O)NCCCNC1CC2CCC1C2. The largest absolute Gasteiger partial charge is 0.356 e. The van der Waals surface area contributed by atoms with Crippen LogP contribution in [-0.4, -0.2) is 25.0 Å². The van der Waals surface area contributed by atoms with Crippen molar-refractivity contribution in [2.75, 3.05) is 13.1 Å². The second kappa shape index (κ2) is 5.85. The molecule has 0 aromatic carbocycles. The molecule has 2 N–H and O–H groups in total. The Morgan fingerprint density at radius 3 is 2.65 bits per heavy atom. The normalized spacial score (nSPS) is 31.1. The lowest BCUT2D eigenvalue weighted by Gasteiger charge is -2.23. The van der Waals surface area contributed by atoms with E-state index >= 15 is 0 Å². The van der Waals surface area contributed by atoms with Gasteiger partial charge in [-0.2, -0.15) is 0 Å². The third kappa shape index (κ3) is 3.44. The summed E-state index contributed by atoms with van der Waals surface area (Å²) in [6.45, 7) is 5.72. The lowest BCUT2D eigenvalue weighted by Crippen LogP contribution is -2.36. The average Bonchev–Trinajstić information content (AvgIpc) is 2.90. The first-order valence-electron chi connectivity index (χ1n) is 7.18. The number of fused-ring (bicyclic) bond motifs is 2. The standard InChI is InChI=1S/C14H26N2O/c1-10(2)14(17)16-7-3-6-15-13-9-11-4-5-12(13)8-11/h10-13,15H,3-9H2,1-2H3,(H,16,17). The van der Waals surface area contributed by atoms with Crippen molar-refractivity contribution in [3.8, 4) is 0 Å². The molecule has 3 atom stereocenters. The highest BCUT2D eigenvalue weighted by atomic mass is 16.1. The lowest BCUT2D eigenvalue weighted by atomic mass is 9.95. The summed E-state index contributed by atoms with van der Waals surface area (Å²) in [4.78, 5) is 11.3. The molecule has 2 saturated carbocycles. The predicted molar refractivity (Wildman–Crippen MR) is 69.7 cm³/mol. The van der Waals surface area contributed by atoms with Crippen molar-refractivity contribution in [2.24, 2.45) is 17.8 Å². The van der Waals surface area contributed by atoms with Crippen LogP contribution in [0, 0.1) is 17.8 Å². The number of hydrogen-bond acceptors (Lipinski definition) is 2. The van der Waals surface area contributed by atoms with Gasteiger partial charge in [0.15, 0.2) is 0 Å². The van der Waals surface area contributed by atoms with E-state index in [0.717, 1.165) is 37.4 Å². The topological polar surface area (TPSA) is 41.1 Å². The second-order valence-corrected chi connectivity index (χ2v) is 6.03. The van der Waals surface area contributed by atoms with Crippen LogP contribution in [0.5, 0.6) is 0 Å². The summed E-state index contributed by atoms with van der Waals surface area (Å²) in [7, 11) is 0. The van der Waals surface area contributed by atoms with Crippen LogP contribution >= 0.6 is 0 Å². The van der Waals surface area contributed by atoms with Gasteiger partial charge in [0.25, 0.3) is 0 Å². The van der Waals surface area contributed by atoms with Gasteiger partial charge in [0.1, 0.15) is 0 Å². The summed E-state index contributed by atoms with van der Waals surface area (Å²) in [5.74, 6) is 2.24. The molecule has 2 aliphatic rings. The minimum absolute atomic E-state index is 0.105. The van der Waals surface area contributed by atoms with E-state index in [1.54, 1.807) is 0 Å². The molecule has 17 heavy (non-hydrogen) atoms. The Labute approximate surface area is 105 Å². The summed E-state index contributed by atoms with van der Waals surface area (Å²) in [5, 5.41) is 6.63. The minimum atomic E-state index is 0.105. The van der Waals surface area contributed by atoms with Crippen molar-refractivity contribution < 1.29 is 4.79 Å². The van der Waals surface area contributed by atoms with Gasteiger partial charge in [0.05, 0.1) is 0 Å². The Kier molecular flexibility index (Phi) is 4.43. The summed E-state index contributed by atoms with van der Waals surface area (Å²) in [5.41, 5.74) is 0. The highest BCUT2D eigenvalue weighted by molar-refractivity contribution is 5.77. The average molecular weight is 238 g/mol. The molecule has 0 saturated heterocycles. The molecule has 2 bridgehead atoms. The molecule has 3 nitrogen and oxygen atoms in total. The molecular weight excluding hydrogens is 212 g/mol. The third-order valence-corrected chi connectivity index (χ3v) is 4.32. The highest BCUT2D eigenvalue weighted by Gasteiger charge is 2.38. The molecular formula is C14H26N2O. The van der Waals surface area contributed by atoms with Gasteiger partial charge in [-0.15, -0.1) is 0 Å². The molecule has 1 amide bonds. The van der Waals surface area contributed by atoms with Crippen LogP contribution < -0.4 is 10.6 Å². The van der Waals surface area contributed by atoms with E-state index < -0.39 is 0 Å². The van der Waals surface area contributed by atoms with Crippen molar-refractivity contribution in [2.45, 2.75) is 52.0 Å². The van der Waals surface area contributed by atoms with Crippen LogP contribution in [0.2, 0.25) is 0 Å². The molecule has 0 aromatic heterocycles. The predicted octanol–water partition coefficient (Wildman–Crippen LogP) is 1.93. The molecule has 98 valence electrons. The van der Waals surface area contributed by atoms with Crippen LogP contribution in [0.25, 0.3) is 0 Å². The lowest BCUT2D eigenvalue weighted by molar-refractivity contribution is -0.123. The van der Waals surface area contributed by atoms with Crippen LogP contribution in [0.3, 0.4) is 0 Å². The second-order valence-electron chi connectivity index (χ2n) is 6.03. The maximum Gasteiger partial charge on any atom is 0.222 e. The summed E-state index contributed by atoms with van der Waals surface area (Å²) in [6, 6.07) is 0.773. The fraction of sp³-hybridized carbons (Fsp3) is 0.929. The smallest absolute Gasteiger partial charge is 0.222 e. The quantitative estimate of drug-likeness (QED) is 0.694. The van der Waals surface area contributed by atoms with Gasteiger partial charge in [-0.1, -0.05) is 20.3 Å². The summed E-state index contributed by atoms with van der Waals surface area (Å²) in [6.07, 6.45) is 6.80. The van der Waals surface area contributed by atoms with Crippen LogP contribution in [-0.2, 0) is 4.79 Å². The van der Waals surface area contributed by atoms with E-state index in [1.807, 2.05) is 13.8 Å². The van der Waals surface area contributed by atoms with Crippen LogP contribution in [0.4, 0.5) is 0 Å². The molecule has 0 aliphatic heterocycles. The first-order valence-corrected chi connectivity index (χ1v) is 7.18.